The number of aryl methyl sites for hydroxylation is 1. The molecule has 0 amide bonds. The number of nitrogens with zero attached hydrogens (tertiary/aromatic N) is 1. The van der Waals surface area contributed by atoms with Crippen LogP contribution in [-0.2, 0) is 6.54 Å². The van der Waals surface area contributed by atoms with Gasteiger partial charge in [-0.1, -0.05) is 13.8 Å². The molecule has 0 aliphatic rings. The van der Waals surface area contributed by atoms with Gasteiger partial charge < -0.3 is 5.73 Å². The second-order valence-corrected chi connectivity index (χ2v) is 5.14. The van der Waals surface area contributed by atoms with E-state index in [0.717, 1.165) is 5.75 Å². The van der Waals surface area contributed by atoms with Gasteiger partial charge in [-0.3, -0.25) is 14.3 Å². The lowest BCUT2D eigenvalue weighted by Gasteiger charge is -2.07. The first kappa shape index (κ1) is 11.9. The molecule has 0 bridgehead atoms. The van der Waals surface area contributed by atoms with Crippen molar-refractivity contribution in [3.05, 3.63) is 27.0 Å². The summed E-state index contributed by atoms with van der Waals surface area (Å²) in [6, 6.07) is 0. The molecule has 0 saturated carbocycles. The van der Waals surface area contributed by atoms with Crippen molar-refractivity contribution < 1.29 is 0 Å². The van der Waals surface area contributed by atoms with Crippen molar-refractivity contribution in [1.82, 2.24) is 9.55 Å². The molecule has 0 spiro atoms. The fourth-order valence-corrected chi connectivity index (χ4v) is 1.85. The van der Waals surface area contributed by atoms with Crippen LogP contribution in [0.3, 0.4) is 0 Å². The third-order valence-electron chi connectivity index (χ3n) is 1.82. The first-order valence-corrected chi connectivity index (χ1v) is 5.76. The summed E-state index contributed by atoms with van der Waals surface area (Å²) in [7, 11) is 0. The second kappa shape index (κ2) is 5.06. The van der Waals surface area contributed by atoms with Crippen LogP contribution in [0.4, 0.5) is 5.69 Å². The van der Waals surface area contributed by atoms with Crippen molar-refractivity contribution in [2.45, 2.75) is 25.6 Å². The van der Waals surface area contributed by atoms with Crippen molar-refractivity contribution in [2.75, 3.05) is 11.5 Å². The zero-order valence-corrected chi connectivity index (χ0v) is 9.63. The number of H-pyrrole nitrogens is 1. The van der Waals surface area contributed by atoms with Crippen molar-refractivity contribution >= 4 is 17.4 Å². The molecule has 5 nitrogen and oxygen atoms in total. The van der Waals surface area contributed by atoms with Gasteiger partial charge in [-0.05, 0) is 5.25 Å². The van der Waals surface area contributed by atoms with Crippen molar-refractivity contribution in [3.63, 3.8) is 0 Å². The first-order chi connectivity index (χ1) is 7.00. The number of hydrogen-bond acceptors (Lipinski definition) is 4. The van der Waals surface area contributed by atoms with Crippen LogP contribution in [-0.4, -0.2) is 20.6 Å². The maximum atomic E-state index is 11.3. The Labute approximate surface area is 91.7 Å². The molecule has 3 N–H and O–H groups in total. The van der Waals surface area contributed by atoms with E-state index in [4.69, 9.17) is 5.73 Å². The van der Waals surface area contributed by atoms with Crippen LogP contribution >= 0.6 is 11.8 Å². The van der Waals surface area contributed by atoms with Gasteiger partial charge in [-0.2, -0.15) is 11.8 Å². The number of nitrogen functional groups attached to an aromatic ring is 1. The molecule has 15 heavy (non-hydrogen) atoms. The van der Waals surface area contributed by atoms with Crippen molar-refractivity contribution in [3.8, 4) is 0 Å². The summed E-state index contributed by atoms with van der Waals surface area (Å²) < 4.78 is 1.42. The molecular weight excluding hydrogens is 214 g/mol. The number of anilines is 1. The SMILES string of the molecule is CC(C)SCCn1cc(N)c(=O)[nH]c1=O. The molecule has 0 atom stereocenters. The molecule has 0 unspecified atom stereocenters. The lowest BCUT2D eigenvalue weighted by molar-refractivity contribution is 0.702. The van der Waals surface area contributed by atoms with Crippen LogP contribution in [0.5, 0.6) is 0 Å². The molecule has 0 aliphatic heterocycles. The van der Waals surface area contributed by atoms with E-state index in [9.17, 15) is 9.59 Å². The molecular formula is C9H15N3O2S. The molecule has 0 aliphatic carbocycles. The largest absolute Gasteiger partial charge is 0.393 e. The minimum Gasteiger partial charge on any atom is -0.393 e. The molecule has 1 aromatic rings. The van der Waals surface area contributed by atoms with Crippen molar-refractivity contribution in [1.29, 1.82) is 0 Å². The molecule has 0 radical (unpaired) electrons. The Morgan fingerprint density at radius 3 is 2.80 bits per heavy atom. The average Bonchev–Trinajstić information content (AvgIpc) is 2.13. The van der Waals surface area contributed by atoms with Crippen LogP contribution in [0.15, 0.2) is 15.8 Å². The van der Waals surface area contributed by atoms with Gasteiger partial charge in [0.2, 0.25) is 0 Å². The molecule has 6 heteroatoms. The van der Waals surface area contributed by atoms with Crippen LogP contribution in [0.1, 0.15) is 13.8 Å². The molecule has 0 aromatic carbocycles. The van der Waals surface area contributed by atoms with Gasteiger partial charge in [-0.25, -0.2) is 4.79 Å². The molecule has 0 saturated heterocycles. The predicted octanol–water partition coefficient (Wildman–Crippen LogP) is 0.260. The van der Waals surface area contributed by atoms with E-state index in [2.05, 4.69) is 18.8 Å². The Morgan fingerprint density at radius 2 is 2.20 bits per heavy atom. The first-order valence-electron chi connectivity index (χ1n) is 4.71. The Morgan fingerprint density at radius 1 is 1.53 bits per heavy atom. The minimum atomic E-state index is -0.521. The molecule has 0 fully saturated rings. The summed E-state index contributed by atoms with van der Waals surface area (Å²) in [6.07, 6.45) is 1.39. The van der Waals surface area contributed by atoms with Gasteiger partial charge in [0.25, 0.3) is 5.56 Å². The van der Waals surface area contributed by atoms with Crippen LogP contribution < -0.4 is 17.0 Å². The third kappa shape index (κ3) is 3.47. The minimum absolute atomic E-state index is 0.0733. The van der Waals surface area contributed by atoms with Crippen LogP contribution in [0.2, 0.25) is 0 Å². The van der Waals surface area contributed by atoms with Gasteiger partial charge in [0.05, 0.1) is 0 Å². The highest BCUT2D eigenvalue weighted by Crippen LogP contribution is 2.08. The van der Waals surface area contributed by atoms with Gasteiger partial charge in [0.1, 0.15) is 5.69 Å². The zero-order chi connectivity index (χ0) is 11.4. The summed E-state index contributed by atoms with van der Waals surface area (Å²) in [5, 5.41) is 0.529. The number of aromatic amines is 1. The van der Waals surface area contributed by atoms with Gasteiger partial charge >= 0.3 is 5.69 Å². The molecule has 1 heterocycles. The van der Waals surface area contributed by atoms with E-state index >= 15 is 0 Å². The summed E-state index contributed by atoms with van der Waals surface area (Å²) >= 11 is 1.75. The van der Waals surface area contributed by atoms with Crippen molar-refractivity contribution in [2.24, 2.45) is 0 Å². The van der Waals surface area contributed by atoms with E-state index in [0.29, 0.717) is 11.8 Å². The summed E-state index contributed by atoms with van der Waals surface area (Å²) in [5.74, 6) is 0.822. The fraction of sp³-hybridized carbons (Fsp3) is 0.556. The maximum absolute atomic E-state index is 11.3. The Kier molecular flexibility index (Phi) is 4.02. The highest BCUT2D eigenvalue weighted by molar-refractivity contribution is 7.99. The fourth-order valence-electron chi connectivity index (χ4n) is 1.08. The Bertz CT molecular complexity index is 436. The summed E-state index contributed by atoms with van der Waals surface area (Å²) in [6.45, 7) is 4.74. The quantitative estimate of drug-likeness (QED) is 0.776. The van der Waals surface area contributed by atoms with Gasteiger partial charge in [-0.15, -0.1) is 0 Å². The topological polar surface area (TPSA) is 80.9 Å². The normalized spacial score (nSPS) is 10.9. The summed E-state index contributed by atoms with van der Waals surface area (Å²) in [4.78, 5) is 24.4. The number of aromatic nitrogens is 2. The monoisotopic (exact) mass is 229 g/mol. The molecule has 1 aromatic heterocycles. The highest BCUT2D eigenvalue weighted by Gasteiger charge is 2.01. The third-order valence-corrected chi connectivity index (χ3v) is 2.91. The number of hydrogen-bond donors (Lipinski definition) is 2. The standard InChI is InChI=1S/C9H15N3O2S/c1-6(2)15-4-3-12-5-7(10)8(13)11-9(12)14/h5-6H,3-4,10H2,1-2H3,(H,11,13,14). The Hall–Kier alpha value is -1.17. The van der Waals surface area contributed by atoms with E-state index < -0.39 is 11.2 Å². The number of thioether (sulfide) groups is 1. The van der Waals surface area contributed by atoms with E-state index in [1.54, 1.807) is 11.8 Å². The predicted molar refractivity (Wildman–Crippen MR) is 63.3 cm³/mol. The number of rotatable bonds is 4. The average molecular weight is 229 g/mol. The van der Waals surface area contributed by atoms with Gasteiger partial charge in [0, 0.05) is 18.5 Å². The van der Waals surface area contributed by atoms with E-state index in [-0.39, 0.29) is 5.69 Å². The van der Waals surface area contributed by atoms with E-state index in [1.807, 2.05) is 0 Å². The highest BCUT2D eigenvalue weighted by atomic mass is 32.2. The summed E-state index contributed by atoms with van der Waals surface area (Å²) in [5.41, 5.74) is 4.56. The van der Waals surface area contributed by atoms with Crippen LogP contribution in [0, 0.1) is 0 Å². The lowest BCUT2D eigenvalue weighted by atomic mass is 10.5. The molecule has 1 rings (SSSR count). The second-order valence-electron chi connectivity index (χ2n) is 3.46. The number of nitrogens with two attached hydrogens (primary N) is 1. The zero-order valence-electron chi connectivity index (χ0n) is 8.82. The lowest BCUT2D eigenvalue weighted by Crippen LogP contribution is -2.31. The van der Waals surface area contributed by atoms with Crippen LogP contribution in [0.25, 0.3) is 0 Å². The maximum Gasteiger partial charge on any atom is 0.328 e. The molecule has 84 valence electrons. The smallest absolute Gasteiger partial charge is 0.328 e. The van der Waals surface area contributed by atoms with E-state index in [1.165, 1.54) is 10.8 Å². The Balaban J connectivity index is 2.74. The van der Waals surface area contributed by atoms with Gasteiger partial charge in [0.15, 0.2) is 0 Å². The number of nitrogens with one attached hydrogen (secondary N) is 1.